The van der Waals surface area contributed by atoms with E-state index in [0.717, 1.165) is 17.2 Å². The zero-order valence-corrected chi connectivity index (χ0v) is 21.1. The summed E-state index contributed by atoms with van der Waals surface area (Å²) in [4.78, 5) is 15.0. The number of nitriles is 1. The van der Waals surface area contributed by atoms with Gasteiger partial charge in [0.2, 0.25) is 0 Å². The first-order valence-electron chi connectivity index (χ1n) is 11.9. The maximum absolute atomic E-state index is 14.1. The molecule has 1 aliphatic rings. The van der Waals surface area contributed by atoms with E-state index in [1.165, 1.54) is 0 Å². The summed E-state index contributed by atoms with van der Waals surface area (Å²) in [6, 6.07) is 18.0. The standard InChI is InChI=1S/C28H24ClF4N3O2/c1-2-38-25-16-36(15-24(25)35-27(37)20-9-12-22(23(30)13-20)28(31,32)33)26(19-7-10-21(29)11-8-19)18-5-3-17(14-34)4-6-18/h3-13,24-26H,2,15-16H2,1H3,(H,35,37)/t24-,25-,26?/m0/s1. The number of nitrogens with one attached hydrogen (secondary N) is 1. The van der Waals surface area contributed by atoms with Crippen LogP contribution in [-0.2, 0) is 10.9 Å². The van der Waals surface area contributed by atoms with E-state index in [-0.39, 0.29) is 11.6 Å². The summed E-state index contributed by atoms with van der Waals surface area (Å²) < 4.78 is 58.8. The van der Waals surface area contributed by atoms with Gasteiger partial charge in [-0.2, -0.15) is 18.4 Å². The number of benzene rings is 3. The van der Waals surface area contributed by atoms with Crippen molar-refractivity contribution in [2.75, 3.05) is 19.7 Å². The monoisotopic (exact) mass is 545 g/mol. The van der Waals surface area contributed by atoms with Crippen molar-refractivity contribution < 1.29 is 27.1 Å². The fourth-order valence-corrected chi connectivity index (χ4v) is 4.80. The number of nitrogens with zero attached hydrogens (tertiary/aromatic N) is 2. The molecule has 3 atom stereocenters. The van der Waals surface area contributed by atoms with Gasteiger partial charge in [0.1, 0.15) is 5.82 Å². The van der Waals surface area contributed by atoms with Gasteiger partial charge in [-0.05, 0) is 60.5 Å². The molecule has 1 heterocycles. The van der Waals surface area contributed by atoms with Gasteiger partial charge in [0.15, 0.2) is 0 Å². The van der Waals surface area contributed by atoms with Gasteiger partial charge in [-0.3, -0.25) is 9.69 Å². The summed E-state index contributed by atoms with van der Waals surface area (Å²) in [6.45, 7) is 2.99. The molecule has 0 bridgehead atoms. The van der Waals surface area contributed by atoms with Gasteiger partial charge in [0.05, 0.1) is 35.4 Å². The van der Waals surface area contributed by atoms with Crippen molar-refractivity contribution in [1.29, 1.82) is 5.26 Å². The van der Waals surface area contributed by atoms with E-state index in [2.05, 4.69) is 16.3 Å². The first-order valence-corrected chi connectivity index (χ1v) is 12.3. The van der Waals surface area contributed by atoms with Crippen molar-refractivity contribution in [3.63, 3.8) is 0 Å². The maximum Gasteiger partial charge on any atom is 0.419 e. The van der Waals surface area contributed by atoms with Crippen LogP contribution in [0.15, 0.2) is 66.7 Å². The molecule has 1 saturated heterocycles. The summed E-state index contributed by atoms with van der Waals surface area (Å²) in [5.74, 6) is -2.21. The molecule has 198 valence electrons. The number of hydrogen-bond donors (Lipinski definition) is 1. The number of amides is 1. The number of carbonyl (C=O) groups is 1. The molecular formula is C28H24ClF4N3O2. The van der Waals surface area contributed by atoms with Gasteiger partial charge in [-0.25, -0.2) is 4.39 Å². The molecule has 0 aliphatic carbocycles. The van der Waals surface area contributed by atoms with Crippen LogP contribution in [0.1, 0.15) is 45.6 Å². The highest BCUT2D eigenvalue weighted by Gasteiger charge is 2.39. The SMILES string of the molecule is CCO[C@H]1CN(C(c2ccc(Cl)cc2)c2ccc(C#N)cc2)C[C@@H]1NC(=O)c1ccc(C(F)(F)F)c(F)c1. The van der Waals surface area contributed by atoms with Crippen molar-refractivity contribution in [2.45, 2.75) is 31.3 Å². The summed E-state index contributed by atoms with van der Waals surface area (Å²) in [6.07, 6.45) is -5.27. The lowest BCUT2D eigenvalue weighted by Crippen LogP contribution is -2.44. The molecule has 5 nitrogen and oxygen atoms in total. The summed E-state index contributed by atoms with van der Waals surface area (Å²) in [5.41, 5.74) is 0.725. The van der Waals surface area contributed by atoms with Crippen LogP contribution in [0.5, 0.6) is 0 Å². The molecule has 0 saturated carbocycles. The predicted molar refractivity (Wildman–Crippen MR) is 134 cm³/mol. The normalized spacial score (nSPS) is 18.7. The van der Waals surface area contributed by atoms with Crippen molar-refractivity contribution in [3.05, 3.63) is 105 Å². The highest BCUT2D eigenvalue weighted by molar-refractivity contribution is 6.30. The maximum atomic E-state index is 14.1. The van der Waals surface area contributed by atoms with Crippen LogP contribution in [0, 0.1) is 17.1 Å². The number of carbonyl (C=O) groups excluding carboxylic acids is 1. The fourth-order valence-electron chi connectivity index (χ4n) is 4.67. The fraction of sp³-hybridized carbons (Fsp3) is 0.286. The summed E-state index contributed by atoms with van der Waals surface area (Å²) in [7, 11) is 0. The zero-order valence-electron chi connectivity index (χ0n) is 20.3. The number of likely N-dealkylation sites (tertiary alicyclic amines) is 1. The summed E-state index contributed by atoms with van der Waals surface area (Å²) in [5, 5.41) is 12.6. The van der Waals surface area contributed by atoms with E-state index in [1.807, 2.05) is 31.2 Å². The first kappa shape index (κ1) is 27.6. The smallest absolute Gasteiger partial charge is 0.375 e. The van der Waals surface area contributed by atoms with E-state index in [1.54, 1.807) is 24.3 Å². The molecule has 38 heavy (non-hydrogen) atoms. The van der Waals surface area contributed by atoms with E-state index in [0.29, 0.717) is 42.4 Å². The molecular weight excluding hydrogens is 522 g/mol. The first-order chi connectivity index (χ1) is 18.1. The van der Waals surface area contributed by atoms with Crippen LogP contribution in [-0.4, -0.2) is 42.6 Å². The molecule has 1 aliphatic heterocycles. The Bertz CT molecular complexity index is 1320. The quantitative estimate of drug-likeness (QED) is 0.371. The largest absolute Gasteiger partial charge is 0.419 e. The van der Waals surface area contributed by atoms with E-state index in [4.69, 9.17) is 16.3 Å². The lowest BCUT2D eigenvalue weighted by Gasteiger charge is -2.29. The van der Waals surface area contributed by atoms with Crippen LogP contribution < -0.4 is 5.32 Å². The topological polar surface area (TPSA) is 65.4 Å². The van der Waals surface area contributed by atoms with E-state index >= 15 is 0 Å². The molecule has 4 rings (SSSR count). The lowest BCUT2D eigenvalue weighted by atomic mass is 9.96. The third-order valence-electron chi connectivity index (χ3n) is 6.43. The van der Waals surface area contributed by atoms with Crippen molar-refractivity contribution in [1.82, 2.24) is 10.2 Å². The van der Waals surface area contributed by atoms with Gasteiger partial charge < -0.3 is 10.1 Å². The highest BCUT2D eigenvalue weighted by atomic mass is 35.5. The third kappa shape index (κ3) is 6.16. The minimum atomic E-state index is -4.85. The number of ether oxygens (including phenoxy) is 1. The second-order valence-electron chi connectivity index (χ2n) is 8.91. The molecule has 0 aromatic heterocycles. The Labute approximate surface area is 222 Å². The molecule has 1 N–H and O–H groups in total. The molecule has 0 spiro atoms. The molecule has 1 unspecified atom stereocenters. The van der Waals surface area contributed by atoms with Gasteiger partial charge in [0.25, 0.3) is 5.91 Å². The minimum Gasteiger partial charge on any atom is -0.375 e. The number of halogens is 5. The van der Waals surface area contributed by atoms with Crippen LogP contribution >= 0.6 is 11.6 Å². The lowest BCUT2D eigenvalue weighted by molar-refractivity contribution is -0.140. The van der Waals surface area contributed by atoms with E-state index in [9.17, 15) is 27.6 Å². The van der Waals surface area contributed by atoms with Crippen molar-refractivity contribution in [2.24, 2.45) is 0 Å². The number of alkyl halides is 3. The highest BCUT2D eigenvalue weighted by Crippen LogP contribution is 2.34. The Balaban J connectivity index is 1.60. The Hall–Kier alpha value is -3.45. The number of rotatable bonds is 7. The van der Waals surface area contributed by atoms with Crippen LogP contribution in [0.2, 0.25) is 5.02 Å². The molecule has 10 heteroatoms. The second kappa shape index (κ2) is 11.5. The van der Waals surface area contributed by atoms with Crippen LogP contribution in [0.25, 0.3) is 0 Å². The van der Waals surface area contributed by atoms with Crippen LogP contribution in [0.3, 0.4) is 0 Å². The Kier molecular flexibility index (Phi) is 8.36. The van der Waals surface area contributed by atoms with Gasteiger partial charge in [0, 0.05) is 30.3 Å². The average Bonchev–Trinajstić information content (AvgIpc) is 3.26. The van der Waals surface area contributed by atoms with Gasteiger partial charge in [-0.15, -0.1) is 0 Å². The van der Waals surface area contributed by atoms with Gasteiger partial charge in [-0.1, -0.05) is 35.9 Å². The van der Waals surface area contributed by atoms with E-state index < -0.39 is 35.6 Å². The second-order valence-corrected chi connectivity index (χ2v) is 9.34. The Morgan fingerprint density at radius 3 is 2.29 bits per heavy atom. The minimum absolute atomic E-state index is 0.217. The predicted octanol–water partition coefficient (Wildman–Crippen LogP) is 5.98. The Morgan fingerprint density at radius 1 is 1.11 bits per heavy atom. The molecule has 3 aromatic rings. The molecule has 1 fully saturated rings. The van der Waals surface area contributed by atoms with Crippen LogP contribution in [0.4, 0.5) is 17.6 Å². The average molecular weight is 546 g/mol. The third-order valence-corrected chi connectivity index (χ3v) is 6.69. The van der Waals surface area contributed by atoms with Crippen molar-refractivity contribution in [3.8, 4) is 6.07 Å². The molecule has 0 radical (unpaired) electrons. The molecule has 1 amide bonds. The zero-order chi connectivity index (χ0) is 27.4. The Morgan fingerprint density at radius 2 is 1.74 bits per heavy atom. The molecule has 3 aromatic carbocycles. The van der Waals surface area contributed by atoms with Gasteiger partial charge >= 0.3 is 6.18 Å². The van der Waals surface area contributed by atoms with Crippen molar-refractivity contribution >= 4 is 17.5 Å². The number of hydrogen-bond acceptors (Lipinski definition) is 4. The summed E-state index contributed by atoms with van der Waals surface area (Å²) >= 11 is 6.10.